The zero-order valence-corrected chi connectivity index (χ0v) is 5.05. The molecule has 42 valence electrons. The van der Waals surface area contributed by atoms with Gasteiger partial charge in [0, 0.05) is 0 Å². The van der Waals surface area contributed by atoms with Crippen molar-refractivity contribution in [3.8, 4) is 0 Å². The highest BCUT2D eigenvalue weighted by atomic mass is 35.5. The van der Waals surface area contributed by atoms with Crippen LogP contribution in [0.5, 0.6) is 0 Å². The average Bonchev–Trinajstić information content (AvgIpc) is 1.77. The topological polar surface area (TPSA) is 38.7 Å². The molecule has 0 unspecified atom stereocenters. The number of rotatable bonds is 0. The Bertz CT molecular complexity index is 167. The summed E-state index contributed by atoms with van der Waals surface area (Å²) in [4.78, 5) is 3.67. The predicted octanol–water partition coefficient (Wildman–Crippen LogP) is 0.833. The second kappa shape index (κ2) is 2.05. The molecule has 3 nitrogen and oxygen atoms in total. The minimum Gasteiger partial charge on any atom is -0.221 e. The van der Waals surface area contributed by atoms with Gasteiger partial charge in [-0.15, -0.1) is 5.10 Å². The Morgan fingerprint density at radius 1 is 1.62 bits per heavy atom. The van der Waals surface area contributed by atoms with Gasteiger partial charge in [0.1, 0.15) is 6.33 Å². The van der Waals surface area contributed by atoms with Gasteiger partial charge in [-0.2, -0.15) is 5.10 Å². The third-order valence-corrected chi connectivity index (χ3v) is 1.10. The molecular formula is C4H4ClN3. The molecule has 0 aliphatic heterocycles. The van der Waals surface area contributed by atoms with Crippen molar-refractivity contribution in [3.05, 3.63) is 17.2 Å². The van der Waals surface area contributed by atoms with Crippen molar-refractivity contribution in [3.63, 3.8) is 0 Å². The highest BCUT2D eigenvalue weighted by Crippen LogP contribution is 2.03. The van der Waals surface area contributed by atoms with Crippen molar-refractivity contribution in [1.29, 1.82) is 0 Å². The zero-order valence-electron chi connectivity index (χ0n) is 4.30. The van der Waals surface area contributed by atoms with Gasteiger partial charge < -0.3 is 0 Å². The molecule has 1 rings (SSSR count). The lowest BCUT2D eigenvalue weighted by molar-refractivity contribution is 0.926. The van der Waals surface area contributed by atoms with E-state index in [-0.39, 0.29) is 0 Å². The molecule has 0 atom stereocenters. The molecule has 1 heterocycles. The molecular weight excluding hydrogens is 126 g/mol. The Morgan fingerprint density at radius 3 is 2.75 bits per heavy atom. The minimum absolute atomic E-state index is 0.417. The smallest absolute Gasteiger partial charge is 0.153 e. The largest absolute Gasteiger partial charge is 0.221 e. The van der Waals surface area contributed by atoms with Gasteiger partial charge in [0.15, 0.2) is 5.15 Å². The SMILES string of the molecule is Cc1nncnc1Cl. The molecule has 0 bridgehead atoms. The summed E-state index contributed by atoms with van der Waals surface area (Å²) < 4.78 is 0. The Hall–Kier alpha value is -0.700. The summed E-state index contributed by atoms with van der Waals surface area (Å²) in [6, 6.07) is 0. The van der Waals surface area contributed by atoms with Crippen LogP contribution in [0.4, 0.5) is 0 Å². The first-order valence-electron chi connectivity index (χ1n) is 2.10. The zero-order chi connectivity index (χ0) is 5.98. The van der Waals surface area contributed by atoms with Crippen molar-refractivity contribution in [2.75, 3.05) is 0 Å². The van der Waals surface area contributed by atoms with Crippen LogP contribution in [0.25, 0.3) is 0 Å². The van der Waals surface area contributed by atoms with Gasteiger partial charge in [-0.05, 0) is 6.92 Å². The lowest BCUT2D eigenvalue weighted by Gasteiger charge is -1.87. The van der Waals surface area contributed by atoms with E-state index >= 15 is 0 Å². The van der Waals surface area contributed by atoms with Gasteiger partial charge >= 0.3 is 0 Å². The van der Waals surface area contributed by atoms with E-state index < -0.39 is 0 Å². The molecule has 4 heteroatoms. The molecule has 0 saturated carbocycles. The maximum atomic E-state index is 5.50. The summed E-state index contributed by atoms with van der Waals surface area (Å²) in [6.07, 6.45) is 1.31. The van der Waals surface area contributed by atoms with E-state index in [4.69, 9.17) is 11.6 Å². The standard InChI is InChI=1S/C4H4ClN3/c1-3-4(5)6-2-7-8-3/h2H,1H3. The maximum Gasteiger partial charge on any atom is 0.153 e. The number of aryl methyl sites for hydroxylation is 1. The van der Waals surface area contributed by atoms with Crippen LogP contribution in [0.2, 0.25) is 5.15 Å². The van der Waals surface area contributed by atoms with Crippen LogP contribution in [-0.2, 0) is 0 Å². The molecule has 1 aromatic rings. The van der Waals surface area contributed by atoms with Crippen molar-refractivity contribution >= 4 is 11.6 Å². The number of nitrogens with zero attached hydrogens (tertiary/aromatic N) is 3. The Morgan fingerprint density at radius 2 is 2.38 bits per heavy atom. The minimum atomic E-state index is 0.417. The lowest BCUT2D eigenvalue weighted by Crippen LogP contribution is -1.87. The lowest BCUT2D eigenvalue weighted by atomic mass is 10.6. The Labute approximate surface area is 51.7 Å². The fourth-order valence-electron chi connectivity index (χ4n) is 0.324. The Kier molecular flexibility index (Phi) is 1.39. The van der Waals surface area contributed by atoms with E-state index in [1.807, 2.05) is 0 Å². The summed E-state index contributed by atoms with van der Waals surface area (Å²) >= 11 is 5.50. The van der Waals surface area contributed by atoms with Gasteiger partial charge in [-0.1, -0.05) is 11.6 Å². The molecule has 0 amide bonds. The average molecular weight is 130 g/mol. The van der Waals surface area contributed by atoms with Gasteiger partial charge in [0.05, 0.1) is 5.69 Å². The van der Waals surface area contributed by atoms with Crippen molar-refractivity contribution in [2.24, 2.45) is 0 Å². The quantitative estimate of drug-likeness (QED) is 0.521. The molecule has 0 aromatic carbocycles. The first kappa shape index (κ1) is 5.44. The fraction of sp³-hybridized carbons (Fsp3) is 0.250. The predicted molar refractivity (Wildman–Crippen MR) is 29.6 cm³/mol. The number of hydrogen-bond donors (Lipinski definition) is 0. The molecule has 0 spiro atoms. The fourth-order valence-corrected chi connectivity index (χ4v) is 0.405. The molecule has 0 saturated heterocycles. The number of hydrogen-bond acceptors (Lipinski definition) is 3. The second-order valence-corrected chi connectivity index (χ2v) is 1.69. The highest BCUT2D eigenvalue weighted by Gasteiger charge is 1.91. The van der Waals surface area contributed by atoms with E-state index in [1.54, 1.807) is 6.92 Å². The van der Waals surface area contributed by atoms with Crippen molar-refractivity contribution in [2.45, 2.75) is 6.92 Å². The summed E-state index contributed by atoms with van der Waals surface area (Å²) in [7, 11) is 0. The van der Waals surface area contributed by atoms with Crippen LogP contribution in [-0.4, -0.2) is 15.2 Å². The molecule has 0 fully saturated rings. The van der Waals surface area contributed by atoms with E-state index in [1.165, 1.54) is 6.33 Å². The summed E-state index contributed by atoms with van der Waals surface area (Å²) in [5.41, 5.74) is 0.661. The van der Waals surface area contributed by atoms with Gasteiger partial charge in [0.2, 0.25) is 0 Å². The third kappa shape index (κ3) is 0.924. The van der Waals surface area contributed by atoms with Gasteiger partial charge in [-0.25, -0.2) is 4.98 Å². The molecule has 0 aliphatic carbocycles. The second-order valence-electron chi connectivity index (χ2n) is 1.34. The van der Waals surface area contributed by atoms with Crippen LogP contribution < -0.4 is 0 Å². The normalized spacial score (nSPS) is 9.25. The number of aromatic nitrogens is 3. The third-order valence-electron chi connectivity index (χ3n) is 0.729. The Balaban J connectivity index is 3.13. The van der Waals surface area contributed by atoms with Crippen molar-refractivity contribution < 1.29 is 0 Å². The van der Waals surface area contributed by atoms with E-state index in [0.717, 1.165) is 0 Å². The first-order valence-corrected chi connectivity index (χ1v) is 2.48. The molecule has 0 radical (unpaired) electrons. The van der Waals surface area contributed by atoms with E-state index in [9.17, 15) is 0 Å². The summed E-state index contributed by atoms with van der Waals surface area (Å²) in [5.74, 6) is 0. The summed E-state index contributed by atoms with van der Waals surface area (Å²) in [5, 5.41) is 7.55. The summed E-state index contributed by atoms with van der Waals surface area (Å²) in [6.45, 7) is 1.75. The molecule has 0 aliphatic rings. The van der Waals surface area contributed by atoms with Gasteiger partial charge in [-0.3, -0.25) is 0 Å². The highest BCUT2D eigenvalue weighted by molar-refractivity contribution is 6.29. The van der Waals surface area contributed by atoms with E-state index in [2.05, 4.69) is 15.2 Å². The maximum absolute atomic E-state index is 5.50. The first-order chi connectivity index (χ1) is 3.80. The van der Waals surface area contributed by atoms with Crippen LogP contribution in [0, 0.1) is 6.92 Å². The van der Waals surface area contributed by atoms with Crippen LogP contribution in [0.1, 0.15) is 5.69 Å². The number of halogens is 1. The molecule has 8 heavy (non-hydrogen) atoms. The molecule has 1 aromatic heterocycles. The van der Waals surface area contributed by atoms with E-state index in [0.29, 0.717) is 10.8 Å². The van der Waals surface area contributed by atoms with Gasteiger partial charge in [0.25, 0.3) is 0 Å². The monoisotopic (exact) mass is 129 g/mol. The van der Waals surface area contributed by atoms with Crippen LogP contribution in [0.3, 0.4) is 0 Å². The van der Waals surface area contributed by atoms with Crippen LogP contribution >= 0.6 is 11.6 Å². The van der Waals surface area contributed by atoms with Crippen molar-refractivity contribution in [1.82, 2.24) is 15.2 Å². The van der Waals surface area contributed by atoms with Crippen LogP contribution in [0.15, 0.2) is 6.33 Å². The molecule has 0 N–H and O–H groups in total.